The lowest BCUT2D eigenvalue weighted by Crippen LogP contribution is -2.00. The number of nitrogens with one attached hydrogen (secondary N) is 1. The predicted molar refractivity (Wildman–Crippen MR) is 78.8 cm³/mol. The summed E-state index contributed by atoms with van der Waals surface area (Å²) >= 11 is 7.97. The number of halogens is 3. The Kier molecular flexibility index (Phi) is 4.34. The first-order valence-electron chi connectivity index (χ1n) is 5.34. The van der Waals surface area contributed by atoms with Crippen LogP contribution in [0.4, 0.5) is 15.9 Å². The first-order chi connectivity index (χ1) is 8.58. The van der Waals surface area contributed by atoms with E-state index in [-0.39, 0.29) is 5.82 Å². The predicted octanol–water partition coefficient (Wildman–Crippen LogP) is 4.18. The van der Waals surface area contributed by atoms with Gasteiger partial charge in [0.05, 0.1) is 5.69 Å². The van der Waals surface area contributed by atoms with E-state index >= 15 is 0 Å². The second kappa shape index (κ2) is 5.79. The Morgan fingerprint density at radius 1 is 1.33 bits per heavy atom. The zero-order valence-corrected chi connectivity index (χ0v) is 12.5. The van der Waals surface area contributed by atoms with Gasteiger partial charge in [-0.3, -0.25) is 0 Å². The molecule has 1 aromatic heterocycles. The molecule has 0 saturated heterocycles. The van der Waals surface area contributed by atoms with Gasteiger partial charge >= 0.3 is 0 Å². The van der Waals surface area contributed by atoms with Gasteiger partial charge in [-0.2, -0.15) is 0 Å². The van der Waals surface area contributed by atoms with E-state index in [1.54, 1.807) is 12.1 Å². The van der Waals surface area contributed by atoms with Crippen LogP contribution in [-0.4, -0.2) is 9.97 Å². The summed E-state index contributed by atoms with van der Waals surface area (Å²) < 4.78 is 13.8. The third-order valence-electron chi connectivity index (χ3n) is 2.25. The highest BCUT2D eigenvalue weighted by molar-refractivity contribution is 14.1. The number of rotatable bonds is 3. The van der Waals surface area contributed by atoms with E-state index in [4.69, 9.17) is 11.6 Å². The molecule has 0 aliphatic rings. The lowest BCUT2D eigenvalue weighted by Gasteiger charge is -2.09. The number of nitrogens with zero attached hydrogens (tertiary/aromatic N) is 2. The molecular formula is C12H10ClFIN3. The van der Waals surface area contributed by atoms with Crippen LogP contribution in [0.25, 0.3) is 0 Å². The summed E-state index contributed by atoms with van der Waals surface area (Å²) in [6.07, 6.45) is 0.704. The second-order valence-corrected chi connectivity index (χ2v) is 5.14. The van der Waals surface area contributed by atoms with Crippen molar-refractivity contribution in [2.45, 2.75) is 13.3 Å². The average molecular weight is 378 g/mol. The summed E-state index contributed by atoms with van der Waals surface area (Å²) in [5, 5.41) is 3.50. The molecule has 6 heteroatoms. The van der Waals surface area contributed by atoms with Gasteiger partial charge in [0.1, 0.15) is 22.6 Å². The minimum Gasteiger partial charge on any atom is -0.339 e. The molecule has 0 aliphatic heterocycles. The molecule has 0 radical (unpaired) electrons. The van der Waals surface area contributed by atoms with Gasteiger partial charge in [-0.05, 0) is 40.8 Å². The molecule has 1 aromatic carbocycles. The Morgan fingerprint density at radius 3 is 2.78 bits per heavy atom. The highest BCUT2D eigenvalue weighted by Gasteiger charge is 2.05. The van der Waals surface area contributed by atoms with E-state index in [0.717, 1.165) is 9.26 Å². The quantitative estimate of drug-likeness (QED) is 0.644. The van der Waals surface area contributed by atoms with Gasteiger partial charge in [0.2, 0.25) is 0 Å². The van der Waals surface area contributed by atoms with Crippen molar-refractivity contribution in [2.24, 2.45) is 0 Å². The monoisotopic (exact) mass is 377 g/mol. The van der Waals surface area contributed by atoms with Crippen molar-refractivity contribution in [1.82, 2.24) is 9.97 Å². The third-order valence-corrected chi connectivity index (χ3v) is 3.34. The van der Waals surface area contributed by atoms with Crippen LogP contribution in [0.3, 0.4) is 0 Å². The lowest BCUT2D eigenvalue weighted by atomic mass is 10.3. The maximum Gasteiger partial charge on any atom is 0.135 e. The zero-order chi connectivity index (χ0) is 13.1. The van der Waals surface area contributed by atoms with Gasteiger partial charge in [-0.25, -0.2) is 14.4 Å². The average Bonchev–Trinajstić information content (AvgIpc) is 2.32. The topological polar surface area (TPSA) is 37.8 Å². The number of hydrogen-bond acceptors (Lipinski definition) is 3. The Balaban J connectivity index is 2.30. The summed E-state index contributed by atoms with van der Waals surface area (Å²) in [7, 11) is 0. The molecule has 2 aromatic rings. The second-order valence-electron chi connectivity index (χ2n) is 3.59. The largest absolute Gasteiger partial charge is 0.339 e. The summed E-state index contributed by atoms with van der Waals surface area (Å²) in [6, 6.07) is 6.15. The lowest BCUT2D eigenvalue weighted by molar-refractivity contribution is 0.627. The first-order valence-corrected chi connectivity index (χ1v) is 6.79. The fraction of sp³-hybridized carbons (Fsp3) is 0.167. The normalized spacial score (nSPS) is 10.4. The van der Waals surface area contributed by atoms with Crippen LogP contribution in [0.2, 0.25) is 5.15 Å². The van der Waals surface area contributed by atoms with Crippen LogP contribution in [0.1, 0.15) is 12.7 Å². The van der Waals surface area contributed by atoms with Crippen LogP contribution in [0.5, 0.6) is 0 Å². The smallest absolute Gasteiger partial charge is 0.135 e. The van der Waals surface area contributed by atoms with Crippen molar-refractivity contribution in [3.63, 3.8) is 0 Å². The van der Waals surface area contributed by atoms with Crippen molar-refractivity contribution in [3.05, 3.63) is 44.6 Å². The van der Waals surface area contributed by atoms with Crippen LogP contribution in [0.15, 0.2) is 24.3 Å². The molecule has 1 N–H and O–H groups in total. The SMILES string of the molecule is CCc1nc(Cl)cc(Nc2ccc(F)cc2I)n1. The van der Waals surface area contributed by atoms with Crippen LogP contribution >= 0.6 is 34.2 Å². The molecule has 2 rings (SSSR count). The number of aromatic nitrogens is 2. The first kappa shape index (κ1) is 13.5. The maximum atomic E-state index is 13.0. The Labute approximate surface area is 123 Å². The van der Waals surface area contributed by atoms with E-state index in [1.165, 1.54) is 12.1 Å². The van der Waals surface area contributed by atoms with Crippen molar-refractivity contribution in [1.29, 1.82) is 0 Å². The molecule has 0 spiro atoms. The van der Waals surface area contributed by atoms with Gasteiger partial charge in [0.25, 0.3) is 0 Å². The minimum absolute atomic E-state index is 0.264. The molecule has 1 heterocycles. The molecule has 0 unspecified atom stereocenters. The molecule has 18 heavy (non-hydrogen) atoms. The van der Waals surface area contributed by atoms with Crippen LogP contribution in [-0.2, 0) is 6.42 Å². The minimum atomic E-state index is -0.264. The highest BCUT2D eigenvalue weighted by Crippen LogP contribution is 2.23. The van der Waals surface area contributed by atoms with E-state index in [0.29, 0.717) is 23.2 Å². The highest BCUT2D eigenvalue weighted by atomic mass is 127. The number of benzene rings is 1. The molecule has 0 atom stereocenters. The number of hydrogen-bond donors (Lipinski definition) is 1. The van der Waals surface area contributed by atoms with E-state index in [1.807, 2.05) is 6.92 Å². The number of aryl methyl sites for hydroxylation is 1. The molecule has 0 fully saturated rings. The summed E-state index contributed by atoms with van der Waals surface area (Å²) in [4.78, 5) is 8.39. The fourth-order valence-electron chi connectivity index (χ4n) is 1.42. The Hall–Kier alpha value is -0.950. The van der Waals surface area contributed by atoms with Gasteiger partial charge in [0, 0.05) is 16.1 Å². The molecule has 0 bridgehead atoms. The van der Waals surface area contributed by atoms with Crippen LogP contribution in [0, 0.1) is 9.39 Å². The van der Waals surface area contributed by atoms with Gasteiger partial charge in [0.15, 0.2) is 0 Å². The van der Waals surface area contributed by atoms with E-state index in [2.05, 4.69) is 37.9 Å². The fourth-order valence-corrected chi connectivity index (χ4v) is 2.23. The molecule has 0 amide bonds. The third kappa shape index (κ3) is 3.29. The molecule has 0 saturated carbocycles. The molecule has 94 valence electrons. The molecule has 3 nitrogen and oxygen atoms in total. The van der Waals surface area contributed by atoms with Crippen LogP contribution < -0.4 is 5.32 Å². The summed E-state index contributed by atoms with van der Waals surface area (Å²) in [5.41, 5.74) is 0.786. The van der Waals surface area contributed by atoms with Crippen molar-refractivity contribution < 1.29 is 4.39 Å². The van der Waals surface area contributed by atoms with Crippen molar-refractivity contribution in [3.8, 4) is 0 Å². The van der Waals surface area contributed by atoms with E-state index in [9.17, 15) is 4.39 Å². The zero-order valence-electron chi connectivity index (χ0n) is 9.54. The van der Waals surface area contributed by atoms with Crippen molar-refractivity contribution in [2.75, 3.05) is 5.32 Å². The van der Waals surface area contributed by atoms with Gasteiger partial charge in [-0.15, -0.1) is 0 Å². The Morgan fingerprint density at radius 2 is 2.11 bits per heavy atom. The van der Waals surface area contributed by atoms with Gasteiger partial charge in [-0.1, -0.05) is 18.5 Å². The molecular weight excluding hydrogens is 368 g/mol. The summed E-state index contributed by atoms with van der Waals surface area (Å²) in [5.74, 6) is 1.01. The summed E-state index contributed by atoms with van der Waals surface area (Å²) in [6.45, 7) is 1.96. The number of anilines is 2. The van der Waals surface area contributed by atoms with E-state index < -0.39 is 0 Å². The Bertz CT molecular complexity index is 577. The van der Waals surface area contributed by atoms with Gasteiger partial charge < -0.3 is 5.32 Å². The van der Waals surface area contributed by atoms with Crippen molar-refractivity contribution >= 4 is 45.7 Å². The standard InChI is InChI=1S/C12H10ClFIN3/c1-2-11-17-10(13)6-12(18-11)16-9-4-3-7(14)5-8(9)15/h3-6H,2H2,1H3,(H,16,17,18). The maximum absolute atomic E-state index is 13.0. The molecule has 0 aliphatic carbocycles.